The average molecular weight is 421 g/mol. The van der Waals surface area contributed by atoms with E-state index in [-0.39, 0.29) is 18.8 Å². The van der Waals surface area contributed by atoms with Gasteiger partial charge in [-0.3, -0.25) is 10.1 Å². The fourth-order valence-electron chi connectivity index (χ4n) is 3.79. The molecule has 2 heterocycles. The molecule has 2 aliphatic rings. The number of rotatable bonds is 4. The monoisotopic (exact) mass is 421 g/mol. The minimum Gasteiger partial charge on any atom is -0.441 e. The lowest BCUT2D eigenvalue weighted by Gasteiger charge is -2.52. The minimum absolute atomic E-state index is 0.0748. The van der Waals surface area contributed by atoms with Crippen LogP contribution in [0, 0.1) is 0 Å². The summed E-state index contributed by atoms with van der Waals surface area (Å²) in [7, 11) is 1.36. The third kappa shape index (κ3) is 3.86. The van der Waals surface area contributed by atoms with E-state index < -0.39 is 41.4 Å². The largest absolute Gasteiger partial charge is 0.441 e. The number of imide groups is 1. The zero-order valence-corrected chi connectivity index (χ0v) is 17.5. The molecule has 1 aromatic rings. The summed E-state index contributed by atoms with van der Waals surface area (Å²) in [6.07, 6.45) is -3.12. The summed E-state index contributed by atoms with van der Waals surface area (Å²) in [6.45, 7) is 8.61. The number of hydrogen-bond donors (Lipinski definition) is 2. The van der Waals surface area contributed by atoms with E-state index in [4.69, 9.17) is 23.7 Å². The van der Waals surface area contributed by atoms with Crippen molar-refractivity contribution in [2.45, 2.75) is 50.2 Å². The number of alkyl carbamates (subject to hydrolysis) is 1. The fourth-order valence-corrected chi connectivity index (χ4v) is 3.79. The molecule has 1 spiro atoms. The summed E-state index contributed by atoms with van der Waals surface area (Å²) < 4.78 is 28.3. The predicted octanol–water partition coefficient (Wildman–Crippen LogP) is 1.75. The van der Waals surface area contributed by atoms with Crippen LogP contribution >= 0.6 is 0 Å². The SMILES string of the molecule is C=C(C)[C@@]1(O)[C@H](OC)[C@H](OC(=O)NC(=O)c2ccccc2)CO[C@]12COC(C)(C)O2. The topological polar surface area (TPSA) is 113 Å². The van der Waals surface area contributed by atoms with Gasteiger partial charge in [-0.2, -0.15) is 0 Å². The lowest BCUT2D eigenvalue weighted by molar-refractivity contribution is -0.367. The Labute approximate surface area is 174 Å². The van der Waals surface area contributed by atoms with Crippen molar-refractivity contribution in [2.24, 2.45) is 0 Å². The molecule has 9 nitrogen and oxygen atoms in total. The molecule has 2 aliphatic heterocycles. The van der Waals surface area contributed by atoms with E-state index in [1.165, 1.54) is 7.11 Å². The number of carbonyl (C=O) groups excluding carboxylic acids is 2. The number of amides is 2. The maximum absolute atomic E-state index is 12.3. The summed E-state index contributed by atoms with van der Waals surface area (Å²) >= 11 is 0. The first-order valence-electron chi connectivity index (χ1n) is 9.51. The Morgan fingerprint density at radius 3 is 2.43 bits per heavy atom. The highest BCUT2D eigenvalue weighted by molar-refractivity contribution is 6.02. The Hall–Kier alpha value is -2.30. The first-order chi connectivity index (χ1) is 14.0. The van der Waals surface area contributed by atoms with E-state index in [1.54, 1.807) is 51.1 Å². The Kier molecular flexibility index (Phi) is 6.03. The maximum atomic E-state index is 12.3. The van der Waals surface area contributed by atoms with Gasteiger partial charge in [-0.05, 0) is 38.5 Å². The van der Waals surface area contributed by atoms with Gasteiger partial charge in [0.15, 0.2) is 17.5 Å². The van der Waals surface area contributed by atoms with Gasteiger partial charge in [-0.15, -0.1) is 0 Å². The van der Waals surface area contributed by atoms with Crippen molar-refractivity contribution in [2.75, 3.05) is 20.3 Å². The van der Waals surface area contributed by atoms with Crippen molar-refractivity contribution in [3.05, 3.63) is 48.0 Å². The van der Waals surface area contributed by atoms with E-state index in [9.17, 15) is 14.7 Å². The average Bonchev–Trinajstić information content (AvgIpc) is 3.01. The highest BCUT2D eigenvalue weighted by Gasteiger charge is 2.68. The molecule has 30 heavy (non-hydrogen) atoms. The van der Waals surface area contributed by atoms with E-state index in [0.29, 0.717) is 5.56 Å². The molecule has 0 saturated carbocycles. The fraction of sp³-hybridized carbons (Fsp3) is 0.524. The summed E-state index contributed by atoms with van der Waals surface area (Å²) in [6, 6.07) is 8.23. The molecule has 0 aliphatic carbocycles. The first kappa shape index (κ1) is 22.4. The van der Waals surface area contributed by atoms with E-state index in [1.807, 2.05) is 0 Å². The van der Waals surface area contributed by atoms with Crippen molar-refractivity contribution >= 4 is 12.0 Å². The number of ether oxygens (including phenoxy) is 5. The third-order valence-corrected chi connectivity index (χ3v) is 5.25. The Morgan fingerprint density at radius 2 is 1.90 bits per heavy atom. The quantitative estimate of drug-likeness (QED) is 0.707. The van der Waals surface area contributed by atoms with E-state index in [0.717, 1.165) is 0 Å². The number of benzene rings is 1. The summed E-state index contributed by atoms with van der Waals surface area (Å²) in [5.41, 5.74) is -1.30. The number of hydrogen-bond acceptors (Lipinski definition) is 8. The molecule has 4 atom stereocenters. The van der Waals surface area contributed by atoms with Crippen LogP contribution in [0.15, 0.2) is 42.5 Å². The smallest absolute Gasteiger partial charge is 0.414 e. The van der Waals surface area contributed by atoms with Crippen LogP contribution in [0.3, 0.4) is 0 Å². The zero-order valence-electron chi connectivity index (χ0n) is 17.5. The van der Waals surface area contributed by atoms with Crippen LogP contribution in [0.25, 0.3) is 0 Å². The second-order valence-corrected chi connectivity index (χ2v) is 7.82. The molecule has 0 radical (unpaired) electrons. The highest BCUT2D eigenvalue weighted by Crippen LogP contribution is 2.48. The minimum atomic E-state index is -1.89. The van der Waals surface area contributed by atoms with Gasteiger partial charge in [-0.1, -0.05) is 24.8 Å². The number of nitrogens with one attached hydrogen (secondary N) is 1. The van der Waals surface area contributed by atoms with Gasteiger partial charge < -0.3 is 28.8 Å². The molecular formula is C21H27NO8. The van der Waals surface area contributed by atoms with Gasteiger partial charge in [-0.25, -0.2) is 4.79 Å². The van der Waals surface area contributed by atoms with Crippen LogP contribution in [0.1, 0.15) is 31.1 Å². The molecule has 3 rings (SSSR count). The Bertz CT molecular complexity index is 826. The predicted molar refractivity (Wildman–Crippen MR) is 105 cm³/mol. The van der Waals surface area contributed by atoms with Crippen molar-refractivity contribution in [1.29, 1.82) is 0 Å². The molecule has 2 fully saturated rings. The van der Waals surface area contributed by atoms with Gasteiger partial charge >= 0.3 is 6.09 Å². The molecule has 164 valence electrons. The second kappa shape index (κ2) is 8.09. The molecule has 0 aromatic heterocycles. The summed E-state index contributed by atoms with van der Waals surface area (Å²) in [5, 5.41) is 13.7. The van der Waals surface area contributed by atoms with Crippen LogP contribution in [0.2, 0.25) is 0 Å². The maximum Gasteiger partial charge on any atom is 0.414 e. The molecule has 0 bridgehead atoms. The third-order valence-electron chi connectivity index (χ3n) is 5.25. The van der Waals surface area contributed by atoms with Crippen LogP contribution in [0.4, 0.5) is 4.79 Å². The van der Waals surface area contributed by atoms with Gasteiger partial charge in [0.05, 0.1) is 6.61 Å². The highest BCUT2D eigenvalue weighted by atomic mass is 16.8. The van der Waals surface area contributed by atoms with Crippen LogP contribution in [-0.2, 0) is 23.7 Å². The zero-order chi connectivity index (χ0) is 22.2. The standard InChI is InChI=1S/C21H27NO8/c1-13(2)21(25)16(26-5)15(11-27-20(21)12-28-19(3,4)30-20)29-18(24)22-17(23)14-9-7-6-8-10-14/h6-10,15-16,25H,1,11-12H2,2-5H3,(H,22,23,24)/t15-,16-,20+,21-/m1/s1. The molecule has 9 heteroatoms. The Balaban J connectivity index is 1.78. The molecule has 2 amide bonds. The molecular weight excluding hydrogens is 394 g/mol. The summed E-state index contributed by atoms with van der Waals surface area (Å²) in [5.74, 6) is -3.21. The second-order valence-electron chi connectivity index (χ2n) is 7.82. The van der Waals surface area contributed by atoms with Crippen molar-refractivity contribution in [3.8, 4) is 0 Å². The number of carbonyl (C=O) groups is 2. The van der Waals surface area contributed by atoms with Gasteiger partial charge in [0, 0.05) is 12.7 Å². The number of methoxy groups -OCH3 is 1. The normalized spacial score (nSPS) is 32.6. The van der Waals surface area contributed by atoms with E-state index >= 15 is 0 Å². The van der Waals surface area contributed by atoms with Crippen LogP contribution in [-0.4, -0.2) is 66.8 Å². The van der Waals surface area contributed by atoms with Gasteiger partial charge in [0.25, 0.3) is 5.91 Å². The van der Waals surface area contributed by atoms with Gasteiger partial charge in [0.1, 0.15) is 12.7 Å². The van der Waals surface area contributed by atoms with Crippen molar-refractivity contribution in [1.82, 2.24) is 5.32 Å². The lowest BCUT2D eigenvalue weighted by Crippen LogP contribution is -2.73. The molecule has 2 saturated heterocycles. The molecule has 2 N–H and O–H groups in total. The molecule has 1 aromatic carbocycles. The van der Waals surface area contributed by atoms with E-state index in [2.05, 4.69) is 11.9 Å². The van der Waals surface area contributed by atoms with Crippen LogP contribution < -0.4 is 5.32 Å². The molecule has 0 unspecified atom stereocenters. The lowest BCUT2D eigenvalue weighted by atomic mass is 9.77. The Morgan fingerprint density at radius 1 is 1.23 bits per heavy atom. The van der Waals surface area contributed by atoms with Gasteiger partial charge in [0.2, 0.25) is 5.79 Å². The van der Waals surface area contributed by atoms with Crippen LogP contribution in [0.5, 0.6) is 0 Å². The number of aliphatic hydroxyl groups is 1. The van der Waals surface area contributed by atoms with Crippen molar-refractivity contribution in [3.63, 3.8) is 0 Å². The van der Waals surface area contributed by atoms with Crippen molar-refractivity contribution < 1.29 is 38.4 Å². The first-order valence-corrected chi connectivity index (χ1v) is 9.51. The summed E-state index contributed by atoms with van der Waals surface area (Å²) in [4.78, 5) is 24.5.